The zero-order valence-electron chi connectivity index (χ0n) is 13.7. The molecular formula is C16H22N6O. The summed E-state index contributed by atoms with van der Waals surface area (Å²) in [7, 11) is 3.92. The molecule has 2 rings (SSSR count). The Morgan fingerprint density at radius 2 is 2.09 bits per heavy atom. The van der Waals surface area contributed by atoms with Gasteiger partial charge in [-0.2, -0.15) is 0 Å². The van der Waals surface area contributed by atoms with E-state index in [1.54, 1.807) is 12.3 Å². The predicted octanol–water partition coefficient (Wildman–Crippen LogP) is 1.08. The van der Waals surface area contributed by atoms with Gasteiger partial charge in [-0.25, -0.2) is 9.97 Å². The third-order valence-electron chi connectivity index (χ3n) is 3.09. The zero-order valence-corrected chi connectivity index (χ0v) is 13.7. The molecule has 0 aliphatic carbocycles. The Labute approximate surface area is 136 Å². The average Bonchev–Trinajstić information content (AvgIpc) is 2.53. The lowest BCUT2D eigenvalue weighted by atomic mass is 10.3. The number of aryl methyl sites for hydroxylation is 1. The van der Waals surface area contributed by atoms with Crippen LogP contribution in [0.1, 0.15) is 21.9 Å². The van der Waals surface area contributed by atoms with Crippen molar-refractivity contribution in [2.24, 2.45) is 0 Å². The molecule has 0 aliphatic heterocycles. The first-order chi connectivity index (χ1) is 11.0. The van der Waals surface area contributed by atoms with Gasteiger partial charge in [0.2, 0.25) is 5.95 Å². The minimum atomic E-state index is -0.196. The number of rotatable bonds is 7. The first-order valence-corrected chi connectivity index (χ1v) is 7.47. The predicted molar refractivity (Wildman–Crippen MR) is 89.2 cm³/mol. The Bertz CT molecular complexity index is 644. The lowest BCUT2D eigenvalue weighted by Crippen LogP contribution is -2.32. The van der Waals surface area contributed by atoms with E-state index in [4.69, 9.17) is 0 Å². The summed E-state index contributed by atoms with van der Waals surface area (Å²) in [6, 6.07) is 7.38. The molecule has 0 fully saturated rings. The van der Waals surface area contributed by atoms with E-state index in [1.807, 2.05) is 44.1 Å². The Morgan fingerprint density at radius 3 is 2.78 bits per heavy atom. The van der Waals surface area contributed by atoms with E-state index in [0.29, 0.717) is 24.7 Å². The number of hydrogen-bond acceptors (Lipinski definition) is 6. The molecule has 0 spiro atoms. The monoisotopic (exact) mass is 314 g/mol. The number of aromatic nitrogens is 3. The summed E-state index contributed by atoms with van der Waals surface area (Å²) in [5.74, 6) is 0.228. The molecule has 23 heavy (non-hydrogen) atoms. The highest BCUT2D eigenvalue weighted by Gasteiger charge is 2.10. The van der Waals surface area contributed by atoms with E-state index in [1.165, 1.54) is 0 Å². The second-order valence-electron chi connectivity index (χ2n) is 5.45. The largest absolute Gasteiger partial charge is 0.349 e. The molecule has 7 nitrogen and oxygen atoms in total. The van der Waals surface area contributed by atoms with Crippen LogP contribution in [-0.2, 0) is 6.54 Å². The first kappa shape index (κ1) is 16.8. The minimum absolute atomic E-state index is 0.196. The van der Waals surface area contributed by atoms with Gasteiger partial charge in [0.25, 0.3) is 5.91 Å². The molecule has 0 aliphatic rings. The third kappa shape index (κ3) is 5.63. The molecule has 0 bridgehead atoms. The molecule has 0 aromatic carbocycles. The van der Waals surface area contributed by atoms with Crippen LogP contribution < -0.4 is 10.6 Å². The lowest BCUT2D eigenvalue weighted by Gasteiger charge is -2.11. The summed E-state index contributed by atoms with van der Waals surface area (Å²) in [5, 5.41) is 5.95. The molecule has 1 amide bonds. The summed E-state index contributed by atoms with van der Waals surface area (Å²) in [5.41, 5.74) is 1.98. The number of hydrogen-bond donors (Lipinski definition) is 2. The molecule has 7 heteroatoms. The fourth-order valence-electron chi connectivity index (χ4n) is 1.92. The van der Waals surface area contributed by atoms with E-state index >= 15 is 0 Å². The van der Waals surface area contributed by atoms with Crippen LogP contribution in [0, 0.1) is 6.92 Å². The van der Waals surface area contributed by atoms with E-state index < -0.39 is 0 Å². The summed E-state index contributed by atoms with van der Waals surface area (Å²) < 4.78 is 0. The summed E-state index contributed by atoms with van der Waals surface area (Å²) in [6.07, 6.45) is 1.73. The molecule has 0 radical (unpaired) electrons. The van der Waals surface area contributed by atoms with Crippen LogP contribution in [-0.4, -0.2) is 52.9 Å². The molecule has 2 aromatic heterocycles. The Kier molecular flexibility index (Phi) is 5.99. The first-order valence-electron chi connectivity index (χ1n) is 7.47. The number of carbonyl (C=O) groups is 1. The number of likely N-dealkylation sites (N-methyl/N-ethyl adjacent to an activating group) is 1. The van der Waals surface area contributed by atoms with Gasteiger partial charge in [0.1, 0.15) is 5.69 Å². The van der Waals surface area contributed by atoms with Crippen molar-refractivity contribution in [3.8, 4) is 0 Å². The van der Waals surface area contributed by atoms with Crippen LogP contribution in [0.15, 0.2) is 30.5 Å². The van der Waals surface area contributed by atoms with Crippen molar-refractivity contribution in [1.82, 2.24) is 25.2 Å². The molecule has 0 atom stereocenters. The average molecular weight is 314 g/mol. The van der Waals surface area contributed by atoms with Gasteiger partial charge >= 0.3 is 0 Å². The number of anilines is 1. The number of carbonyl (C=O) groups excluding carboxylic acids is 1. The second-order valence-corrected chi connectivity index (χ2v) is 5.45. The van der Waals surface area contributed by atoms with Crippen molar-refractivity contribution < 1.29 is 4.79 Å². The molecule has 2 N–H and O–H groups in total. The van der Waals surface area contributed by atoms with Crippen molar-refractivity contribution in [3.63, 3.8) is 0 Å². The molecule has 2 aromatic rings. The standard InChI is InChI=1S/C16H22N6O/c1-12-10-14(15(23)18-8-9-22(2)3)21-16(20-12)19-11-13-6-4-5-7-17-13/h4-7,10H,8-9,11H2,1-3H3,(H,18,23)(H,19,20,21). The maximum Gasteiger partial charge on any atom is 0.270 e. The molecule has 0 saturated heterocycles. The van der Waals surface area contributed by atoms with Crippen LogP contribution in [0.4, 0.5) is 5.95 Å². The highest BCUT2D eigenvalue weighted by atomic mass is 16.1. The second kappa shape index (κ2) is 8.19. The van der Waals surface area contributed by atoms with Gasteiger partial charge < -0.3 is 15.5 Å². The fourth-order valence-corrected chi connectivity index (χ4v) is 1.92. The smallest absolute Gasteiger partial charge is 0.270 e. The van der Waals surface area contributed by atoms with Crippen molar-refractivity contribution >= 4 is 11.9 Å². The van der Waals surface area contributed by atoms with Gasteiger partial charge in [-0.3, -0.25) is 9.78 Å². The number of nitrogens with zero attached hydrogens (tertiary/aromatic N) is 4. The van der Waals surface area contributed by atoms with Crippen molar-refractivity contribution in [2.45, 2.75) is 13.5 Å². The SMILES string of the molecule is Cc1cc(C(=O)NCCN(C)C)nc(NCc2ccccn2)n1. The van der Waals surface area contributed by atoms with Gasteiger partial charge in [0, 0.05) is 25.0 Å². The van der Waals surface area contributed by atoms with Crippen LogP contribution in [0.2, 0.25) is 0 Å². The minimum Gasteiger partial charge on any atom is -0.349 e. The Balaban J connectivity index is 1.99. The van der Waals surface area contributed by atoms with Crippen molar-refractivity contribution in [1.29, 1.82) is 0 Å². The Morgan fingerprint density at radius 1 is 1.26 bits per heavy atom. The highest BCUT2D eigenvalue weighted by molar-refractivity contribution is 5.92. The van der Waals surface area contributed by atoms with Gasteiger partial charge in [0.05, 0.1) is 12.2 Å². The number of nitrogens with one attached hydrogen (secondary N) is 2. The molecule has 122 valence electrons. The van der Waals surface area contributed by atoms with Gasteiger partial charge in [-0.15, -0.1) is 0 Å². The maximum absolute atomic E-state index is 12.1. The van der Waals surface area contributed by atoms with E-state index in [2.05, 4.69) is 25.6 Å². The summed E-state index contributed by atoms with van der Waals surface area (Å²) >= 11 is 0. The molecule has 0 saturated carbocycles. The highest BCUT2D eigenvalue weighted by Crippen LogP contribution is 2.06. The van der Waals surface area contributed by atoms with Crippen LogP contribution in [0.25, 0.3) is 0 Å². The van der Waals surface area contributed by atoms with Crippen LogP contribution in [0.3, 0.4) is 0 Å². The molecule has 0 unspecified atom stereocenters. The topological polar surface area (TPSA) is 83.0 Å². The van der Waals surface area contributed by atoms with E-state index in [9.17, 15) is 4.79 Å². The van der Waals surface area contributed by atoms with Gasteiger partial charge in [0.15, 0.2) is 0 Å². The summed E-state index contributed by atoms with van der Waals surface area (Å²) in [6.45, 7) is 3.70. The van der Waals surface area contributed by atoms with E-state index in [0.717, 1.165) is 17.9 Å². The zero-order chi connectivity index (χ0) is 16.7. The number of amides is 1. The maximum atomic E-state index is 12.1. The third-order valence-corrected chi connectivity index (χ3v) is 3.09. The van der Waals surface area contributed by atoms with Gasteiger partial charge in [-0.05, 0) is 39.2 Å². The van der Waals surface area contributed by atoms with Crippen molar-refractivity contribution in [3.05, 3.63) is 47.5 Å². The van der Waals surface area contributed by atoms with Crippen LogP contribution >= 0.6 is 0 Å². The molecule has 2 heterocycles. The normalized spacial score (nSPS) is 10.6. The fraction of sp³-hybridized carbons (Fsp3) is 0.375. The summed E-state index contributed by atoms with van der Waals surface area (Å²) in [4.78, 5) is 27.0. The lowest BCUT2D eigenvalue weighted by molar-refractivity contribution is 0.0946. The molecular weight excluding hydrogens is 292 g/mol. The van der Waals surface area contributed by atoms with Crippen LogP contribution in [0.5, 0.6) is 0 Å². The quantitative estimate of drug-likeness (QED) is 0.796. The van der Waals surface area contributed by atoms with Gasteiger partial charge in [-0.1, -0.05) is 6.07 Å². The Hall–Kier alpha value is -2.54. The van der Waals surface area contributed by atoms with Crippen molar-refractivity contribution in [2.75, 3.05) is 32.5 Å². The van der Waals surface area contributed by atoms with E-state index in [-0.39, 0.29) is 5.91 Å². The number of pyridine rings is 1.